The first-order chi connectivity index (χ1) is 12.3. The van der Waals surface area contributed by atoms with Gasteiger partial charge in [-0.05, 0) is 28.8 Å². The van der Waals surface area contributed by atoms with E-state index in [0.29, 0.717) is 0 Å². The van der Waals surface area contributed by atoms with Crippen molar-refractivity contribution in [3.05, 3.63) is 95.3 Å². The lowest BCUT2D eigenvalue weighted by Gasteiger charge is -2.42. The Hall–Kier alpha value is -2.36. The van der Waals surface area contributed by atoms with Crippen molar-refractivity contribution in [1.82, 2.24) is 9.47 Å². The van der Waals surface area contributed by atoms with Crippen molar-refractivity contribution < 1.29 is 5.11 Å². The zero-order valence-electron chi connectivity index (χ0n) is 14.5. The minimum Gasteiger partial charge on any atom is -0.396 e. The van der Waals surface area contributed by atoms with E-state index in [1.807, 2.05) is 0 Å². The average molecular weight is 332 g/mol. The normalized spacial score (nSPS) is 20.4. The van der Waals surface area contributed by atoms with E-state index in [0.717, 1.165) is 13.1 Å². The number of aryl methyl sites for hydroxylation is 1. The van der Waals surface area contributed by atoms with E-state index >= 15 is 0 Å². The third kappa shape index (κ3) is 3.01. The van der Waals surface area contributed by atoms with Crippen LogP contribution in [0.15, 0.2) is 72.9 Å². The second kappa shape index (κ2) is 6.87. The van der Waals surface area contributed by atoms with Crippen molar-refractivity contribution in [3.8, 4) is 0 Å². The standard InChI is InChI=1S/C22H24N2O/c1-23-13-7-12-21(23)22-20(16-25)19-11-6-5-10-18(19)15-24(22)14-17-8-3-2-4-9-17/h2-13,20,22,25H,14-16H2,1H3/t20-,22-/m1/s1. The van der Waals surface area contributed by atoms with Crippen molar-refractivity contribution in [1.29, 1.82) is 0 Å². The van der Waals surface area contributed by atoms with Gasteiger partial charge in [0.15, 0.2) is 0 Å². The van der Waals surface area contributed by atoms with Gasteiger partial charge in [0.2, 0.25) is 0 Å². The maximum atomic E-state index is 10.2. The van der Waals surface area contributed by atoms with Crippen LogP contribution in [0.3, 0.4) is 0 Å². The molecule has 128 valence electrons. The van der Waals surface area contributed by atoms with Gasteiger partial charge in [0, 0.05) is 37.9 Å². The van der Waals surface area contributed by atoms with E-state index in [9.17, 15) is 5.11 Å². The molecule has 0 radical (unpaired) electrons. The Balaban J connectivity index is 1.78. The number of aliphatic hydroxyl groups is 1. The number of hydrogen-bond acceptors (Lipinski definition) is 2. The van der Waals surface area contributed by atoms with Crippen LogP contribution in [-0.2, 0) is 20.1 Å². The van der Waals surface area contributed by atoms with Gasteiger partial charge in [0.05, 0.1) is 12.6 Å². The maximum Gasteiger partial charge on any atom is 0.0597 e. The molecule has 3 nitrogen and oxygen atoms in total. The van der Waals surface area contributed by atoms with Crippen LogP contribution < -0.4 is 0 Å². The van der Waals surface area contributed by atoms with Gasteiger partial charge < -0.3 is 9.67 Å². The maximum absolute atomic E-state index is 10.2. The molecule has 0 unspecified atom stereocenters. The molecule has 3 aromatic rings. The summed E-state index contributed by atoms with van der Waals surface area (Å²) in [6, 6.07) is 23.6. The van der Waals surface area contributed by atoms with Crippen LogP contribution >= 0.6 is 0 Å². The van der Waals surface area contributed by atoms with Crippen molar-refractivity contribution in [2.24, 2.45) is 7.05 Å². The molecule has 1 aliphatic heterocycles. The third-order valence-corrected chi connectivity index (χ3v) is 5.31. The monoisotopic (exact) mass is 332 g/mol. The average Bonchev–Trinajstić information content (AvgIpc) is 3.07. The van der Waals surface area contributed by atoms with E-state index in [4.69, 9.17) is 0 Å². The summed E-state index contributed by atoms with van der Waals surface area (Å²) in [5.74, 6) is 0.0854. The van der Waals surface area contributed by atoms with Crippen LogP contribution in [0.5, 0.6) is 0 Å². The van der Waals surface area contributed by atoms with Crippen LogP contribution in [0.1, 0.15) is 34.3 Å². The minimum absolute atomic E-state index is 0.0854. The van der Waals surface area contributed by atoms with E-state index in [2.05, 4.69) is 89.4 Å². The van der Waals surface area contributed by atoms with E-state index in [1.54, 1.807) is 0 Å². The molecule has 0 saturated carbocycles. The summed E-state index contributed by atoms with van der Waals surface area (Å²) in [6.45, 7) is 1.93. The number of nitrogens with zero attached hydrogens (tertiary/aromatic N) is 2. The Bertz CT molecular complexity index is 840. The highest BCUT2D eigenvalue weighted by Crippen LogP contribution is 2.43. The van der Waals surface area contributed by atoms with Gasteiger partial charge in [-0.3, -0.25) is 4.90 Å². The summed E-state index contributed by atoms with van der Waals surface area (Å²) < 4.78 is 2.18. The Labute approximate surface area is 149 Å². The Kier molecular flexibility index (Phi) is 4.43. The van der Waals surface area contributed by atoms with Gasteiger partial charge >= 0.3 is 0 Å². The lowest BCUT2D eigenvalue weighted by molar-refractivity contribution is 0.0989. The van der Waals surface area contributed by atoms with Crippen LogP contribution in [-0.4, -0.2) is 21.2 Å². The largest absolute Gasteiger partial charge is 0.396 e. The number of benzene rings is 2. The predicted octanol–water partition coefficient (Wildman–Crippen LogP) is 3.86. The molecule has 3 heteroatoms. The van der Waals surface area contributed by atoms with E-state index < -0.39 is 0 Å². The molecule has 1 aliphatic rings. The molecule has 2 aromatic carbocycles. The molecule has 0 aliphatic carbocycles. The summed E-state index contributed by atoms with van der Waals surface area (Å²) in [5.41, 5.74) is 5.16. The zero-order chi connectivity index (χ0) is 17.2. The molecule has 1 N–H and O–H groups in total. The smallest absolute Gasteiger partial charge is 0.0597 e. The molecule has 1 aromatic heterocycles. The molecule has 2 atom stereocenters. The highest BCUT2D eigenvalue weighted by atomic mass is 16.3. The number of hydrogen-bond donors (Lipinski definition) is 1. The summed E-state index contributed by atoms with van der Waals surface area (Å²) in [4.78, 5) is 2.49. The van der Waals surface area contributed by atoms with Crippen molar-refractivity contribution in [3.63, 3.8) is 0 Å². The fourth-order valence-corrected chi connectivity index (χ4v) is 4.13. The second-order valence-corrected chi connectivity index (χ2v) is 6.87. The first-order valence-electron chi connectivity index (χ1n) is 8.86. The highest BCUT2D eigenvalue weighted by Gasteiger charge is 2.36. The van der Waals surface area contributed by atoms with Crippen LogP contribution in [0.25, 0.3) is 0 Å². The molecule has 0 amide bonds. The Morgan fingerprint density at radius 2 is 1.72 bits per heavy atom. The second-order valence-electron chi connectivity index (χ2n) is 6.87. The molecular weight excluding hydrogens is 308 g/mol. The van der Waals surface area contributed by atoms with Gasteiger partial charge in [-0.15, -0.1) is 0 Å². The van der Waals surface area contributed by atoms with Gasteiger partial charge in [-0.2, -0.15) is 0 Å². The fraction of sp³-hybridized carbons (Fsp3) is 0.273. The van der Waals surface area contributed by atoms with Gasteiger partial charge in [0.25, 0.3) is 0 Å². The number of aliphatic hydroxyl groups excluding tert-OH is 1. The molecule has 0 fully saturated rings. The predicted molar refractivity (Wildman–Crippen MR) is 100 cm³/mol. The molecular formula is C22H24N2O. The summed E-state index contributed by atoms with van der Waals surface area (Å²) in [7, 11) is 2.09. The molecule has 2 heterocycles. The van der Waals surface area contributed by atoms with Crippen molar-refractivity contribution in [2.75, 3.05) is 6.61 Å². The minimum atomic E-state index is 0.0854. The van der Waals surface area contributed by atoms with Crippen LogP contribution in [0, 0.1) is 0 Å². The quantitative estimate of drug-likeness (QED) is 0.786. The van der Waals surface area contributed by atoms with Crippen LogP contribution in [0.2, 0.25) is 0 Å². The van der Waals surface area contributed by atoms with Crippen LogP contribution in [0.4, 0.5) is 0 Å². The Morgan fingerprint density at radius 3 is 2.44 bits per heavy atom. The summed E-state index contributed by atoms with van der Waals surface area (Å²) >= 11 is 0. The summed E-state index contributed by atoms with van der Waals surface area (Å²) in [6.07, 6.45) is 2.09. The number of fused-ring (bicyclic) bond motifs is 1. The first kappa shape index (κ1) is 16.1. The Morgan fingerprint density at radius 1 is 0.960 bits per heavy atom. The molecule has 25 heavy (non-hydrogen) atoms. The van der Waals surface area contributed by atoms with Crippen molar-refractivity contribution in [2.45, 2.75) is 25.0 Å². The molecule has 0 bridgehead atoms. The fourth-order valence-electron chi connectivity index (χ4n) is 4.13. The van der Waals surface area contributed by atoms with Gasteiger partial charge in [-0.1, -0.05) is 54.6 Å². The van der Waals surface area contributed by atoms with Gasteiger partial charge in [-0.25, -0.2) is 0 Å². The number of rotatable bonds is 4. The summed E-state index contributed by atoms with van der Waals surface area (Å²) in [5, 5.41) is 10.2. The third-order valence-electron chi connectivity index (χ3n) is 5.31. The van der Waals surface area contributed by atoms with Crippen molar-refractivity contribution >= 4 is 0 Å². The van der Waals surface area contributed by atoms with E-state index in [-0.39, 0.29) is 18.6 Å². The molecule has 0 saturated heterocycles. The molecule has 0 spiro atoms. The van der Waals surface area contributed by atoms with E-state index in [1.165, 1.54) is 22.4 Å². The lowest BCUT2D eigenvalue weighted by Crippen LogP contribution is -2.39. The number of aromatic nitrogens is 1. The first-order valence-corrected chi connectivity index (χ1v) is 8.86. The SMILES string of the molecule is Cn1cccc1[C@H]1[C@H](CO)c2ccccc2CN1Cc1ccccc1. The highest BCUT2D eigenvalue weighted by molar-refractivity contribution is 5.36. The zero-order valence-corrected chi connectivity index (χ0v) is 14.5. The lowest BCUT2D eigenvalue weighted by atomic mass is 9.82. The topological polar surface area (TPSA) is 28.4 Å². The molecule has 4 rings (SSSR count). The van der Waals surface area contributed by atoms with Gasteiger partial charge in [0.1, 0.15) is 0 Å².